The van der Waals surface area contributed by atoms with Crippen molar-refractivity contribution in [1.29, 1.82) is 0 Å². The molecule has 0 aliphatic heterocycles. The van der Waals surface area contributed by atoms with Crippen molar-refractivity contribution in [2.75, 3.05) is 4.72 Å². The third-order valence-corrected chi connectivity index (χ3v) is 6.72. The van der Waals surface area contributed by atoms with E-state index in [-0.39, 0.29) is 23.2 Å². The summed E-state index contributed by atoms with van der Waals surface area (Å²) in [6, 6.07) is 11.5. The van der Waals surface area contributed by atoms with E-state index in [1.807, 2.05) is 50.2 Å². The van der Waals surface area contributed by atoms with Gasteiger partial charge in [0.2, 0.25) is 5.82 Å². The van der Waals surface area contributed by atoms with Gasteiger partial charge in [-0.15, -0.1) is 0 Å². The average molecular weight is 476 g/mol. The largest absolute Gasteiger partial charge is 0.470 e. The van der Waals surface area contributed by atoms with Crippen LogP contribution >= 0.6 is 15.9 Å². The number of hydrogen-bond acceptors (Lipinski definition) is 5. The summed E-state index contributed by atoms with van der Waals surface area (Å²) in [6.07, 6.45) is 1.43. The van der Waals surface area contributed by atoms with Crippen LogP contribution in [0.4, 0.5) is 5.82 Å². The van der Waals surface area contributed by atoms with Crippen molar-refractivity contribution in [3.8, 4) is 5.88 Å². The zero-order chi connectivity index (χ0) is 21.2. The molecule has 0 atom stereocenters. The van der Waals surface area contributed by atoms with E-state index in [9.17, 15) is 8.42 Å². The minimum Gasteiger partial charge on any atom is -0.470 e. The third kappa shape index (κ3) is 4.76. The van der Waals surface area contributed by atoms with Crippen molar-refractivity contribution in [2.24, 2.45) is 0 Å². The van der Waals surface area contributed by atoms with Gasteiger partial charge in [0.05, 0.1) is 11.1 Å². The molecule has 0 unspecified atom stereocenters. The molecule has 0 radical (unpaired) electrons. The summed E-state index contributed by atoms with van der Waals surface area (Å²) in [5.74, 6) is 0.147. The van der Waals surface area contributed by atoms with E-state index in [0.717, 1.165) is 16.7 Å². The predicted octanol–water partition coefficient (Wildman–Crippen LogP) is 4.85. The van der Waals surface area contributed by atoms with Crippen molar-refractivity contribution < 1.29 is 13.2 Å². The Hall–Kier alpha value is -2.45. The third-order valence-electron chi connectivity index (χ3n) is 4.73. The summed E-state index contributed by atoms with van der Waals surface area (Å²) in [7, 11) is -3.89. The first kappa shape index (κ1) is 21.3. The predicted molar refractivity (Wildman–Crippen MR) is 117 cm³/mol. The van der Waals surface area contributed by atoms with Gasteiger partial charge < -0.3 is 4.74 Å². The Bertz CT molecular complexity index is 1120. The van der Waals surface area contributed by atoms with Crippen LogP contribution in [0.15, 0.2) is 52.1 Å². The smallest absolute Gasteiger partial charge is 0.263 e. The number of ether oxygens (including phenoxy) is 1. The van der Waals surface area contributed by atoms with Crippen LogP contribution in [0.5, 0.6) is 5.88 Å². The second-order valence-electron chi connectivity index (χ2n) is 6.82. The van der Waals surface area contributed by atoms with Crippen molar-refractivity contribution in [3.05, 3.63) is 75.0 Å². The molecule has 0 amide bonds. The molecular weight excluding hydrogens is 454 g/mol. The minimum absolute atomic E-state index is 0.0436. The number of halogens is 1. The van der Waals surface area contributed by atoms with Gasteiger partial charge in [-0.25, -0.2) is 18.4 Å². The fourth-order valence-corrected chi connectivity index (χ4v) is 4.90. The Morgan fingerprint density at radius 1 is 1.03 bits per heavy atom. The molecule has 152 valence electrons. The molecule has 8 heteroatoms. The highest BCUT2D eigenvalue weighted by Gasteiger charge is 2.24. The number of aryl methyl sites for hydroxylation is 2. The topological polar surface area (TPSA) is 81.2 Å². The monoisotopic (exact) mass is 475 g/mol. The highest BCUT2D eigenvalue weighted by atomic mass is 79.9. The molecule has 0 bridgehead atoms. The maximum atomic E-state index is 13.2. The van der Waals surface area contributed by atoms with Crippen LogP contribution in [0.25, 0.3) is 0 Å². The first-order chi connectivity index (χ1) is 13.7. The Morgan fingerprint density at radius 2 is 1.66 bits per heavy atom. The number of anilines is 1. The van der Waals surface area contributed by atoms with Gasteiger partial charge in [0, 0.05) is 0 Å². The van der Waals surface area contributed by atoms with E-state index in [1.165, 1.54) is 6.20 Å². The van der Waals surface area contributed by atoms with Gasteiger partial charge in [0.1, 0.15) is 11.2 Å². The summed E-state index contributed by atoms with van der Waals surface area (Å²) >= 11 is 3.26. The molecule has 29 heavy (non-hydrogen) atoms. The highest BCUT2D eigenvalue weighted by molar-refractivity contribution is 9.10. The average Bonchev–Trinajstić information content (AvgIpc) is 2.67. The summed E-state index contributed by atoms with van der Waals surface area (Å²) in [5, 5.41) is 0. The second-order valence-corrected chi connectivity index (χ2v) is 9.25. The zero-order valence-corrected chi connectivity index (χ0v) is 19.1. The molecule has 0 saturated heterocycles. The Labute approximate surface area is 179 Å². The number of benzene rings is 2. The summed E-state index contributed by atoms with van der Waals surface area (Å²) in [6.45, 7) is 7.64. The number of nitrogens with zero attached hydrogens (tertiary/aromatic N) is 2. The molecule has 0 saturated carbocycles. The number of nitrogens with one attached hydrogen (secondary N) is 1. The fourth-order valence-electron chi connectivity index (χ4n) is 3.01. The first-order valence-electron chi connectivity index (χ1n) is 8.98. The van der Waals surface area contributed by atoms with Gasteiger partial charge in [-0.3, -0.25) is 4.72 Å². The number of sulfonamides is 1. The molecule has 0 aliphatic carbocycles. The molecular formula is C21H22BrN3O3S. The SMILES string of the molecule is Cc1cc(C)c(C)c(S(=O)(=O)Nc2ncc(Br)nc2OCc2ccccc2)c1C. The normalized spacial score (nSPS) is 11.3. The van der Waals surface area contributed by atoms with E-state index in [1.54, 1.807) is 13.8 Å². The lowest BCUT2D eigenvalue weighted by atomic mass is 10.0. The van der Waals surface area contributed by atoms with E-state index in [2.05, 4.69) is 30.6 Å². The number of rotatable bonds is 6. The molecule has 0 spiro atoms. The van der Waals surface area contributed by atoms with E-state index in [0.29, 0.717) is 15.7 Å². The molecule has 1 heterocycles. The quantitative estimate of drug-likeness (QED) is 0.550. The summed E-state index contributed by atoms with van der Waals surface area (Å²) in [5.41, 5.74) is 4.17. The molecule has 0 aliphatic rings. The van der Waals surface area contributed by atoms with E-state index >= 15 is 0 Å². The van der Waals surface area contributed by atoms with Crippen LogP contribution in [-0.2, 0) is 16.6 Å². The molecule has 2 aromatic carbocycles. The van der Waals surface area contributed by atoms with Crippen LogP contribution in [-0.4, -0.2) is 18.4 Å². The highest BCUT2D eigenvalue weighted by Crippen LogP contribution is 2.30. The molecule has 3 rings (SSSR count). The van der Waals surface area contributed by atoms with Crippen LogP contribution in [0.2, 0.25) is 0 Å². The van der Waals surface area contributed by atoms with Crippen molar-refractivity contribution in [1.82, 2.24) is 9.97 Å². The number of hydrogen-bond donors (Lipinski definition) is 1. The molecule has 1 N–H and O–H groups in total. The summed E-state index contributed by atoms with van der Waals surface area (Å²) < 4.78 is 35.2. The maximum Gasteiger partial charge on any atom is 0.263 e. The van der Waals surface area contributed by atoms with Gasteiger partial charge >= 0.3 is 0 Å². The molecule has 3 aromatic rings. The first-order valence-corrected chi connectivity index (χ1v) is 11.3. The van der Waals surface area contributed by atoms with Gasteiger partial charge in [0.25, 0.3) is 15.9 Å². The second kappa shape index (κ2) is 8.51. The molecule has 0 fully saturated rings. The lowest BCUT2D eigenvalue weighted by molar-refractivity contribution is 0.294. The Morgan fingerprint density at radius 3 is 2.28 bits per heavy atom. The van der Waals surface area contributed by atoms with Gasteiger partial charge in [-0.05, 0) is 71.4 Å². The van der Waals surface area contributed by atoms with Crippen molar-refractivity contribution >= 4 is 31.8 Å². The lowest BCUT2D eigenvalue weighted by Gasteiger charge is -2.17. The van der Waals surface area contributed by atoms with Gasteiger partial charge in [-0.1, -0.05) is 36.4 Å². The Kier molecular flexibility index (Phi) is 6.24. The molecule has 6 nitrogen and oxygen atoms in total. The fraction of sp³-hybridized carbons (Fsp3) is 0.238. The lowest BCUT2D eigenvalue weighted by Crippen LogP contribution is -2.18. The zero-order valence-electron chi connectivity index (χ0n) is 16.7. The maximum absolute atomic E-state index is 13.2. The Balaban J connectivity index is 1.96. The minimum atomic E-state index is -3.89. The van der Waals surface area contributed by atoms with Crippen LogP contribution < -0.4 is 9.46 Å². The van der Waals surface area contributed by atoms with Crippen LogP contribution in [0.1, 0.15) is 27.8 Å². The van der Waals surface area contributed by atoms with Gasteiger partial charge in [0.15, 0.2) is 0 Å². The van der Waals surface area contributed by atoms with Crippen molar-refractivity contribution in [2.45, 2.75) is 39.2 Å². The van der Waals surface area contributed by atoms with Crippen molar-refractivity contribution in [3.63, 3.8) is 0 Å². The van der Waals surface area contributed by atoms with E-state index < -0.39 is 10.0 Å². The number of aromatic nitrogens is 2. The van der Waals surface area contributed by atoms with Crippen LogP contribution in [0, 0.1) is 27.7 Å². The van der Waals surface area contributed by atoms with Gasteiger partial charge in [-0.2, -0.15) is 0 Å². The standard InChI is InChI=1S/C21H22BrN3O3S/c1-13-10-14(2)16(4)19(15(13)3)29(26,27)25-20-21(24-18(22)11-23-20)28-12-17-8-6-5-7-9-17/h5-11H,12H2,1-4H3,(H,23,25). The molecule has 1 aromatic heterocycles. The van der Waals surface area contributed by atoms with E-state index in [4.69, 9.17) is 4.74 Å². The van der Waals surface area contributed by atoms with Crippen LogP contribution in [0.3, 0.4) is 0 Å². The summed E-state index contributed by atoms with van der Waals surface area (Å²) in [4.78, 5) is 8.69.